The lowest BCUT2D eigenvalue weighted by Gasteiger charge is -2.03. The van der Waals surface area contributed by atoms with Crippen LogP contribution in [0.3, 0.4) is 0 Å². The Morgan fingerprint density at radius 3 is 2.60 bits per heavy atom. The summed E-state index contributed by atoms with van der Waals surface area (Å²) in [4.78, 5) is 10.2. The normalized spacial score (nSPS) is 13.9. The monoisotopic (exact) mass is 224 g/mol. The predicted molar refractivity (Wildman–Crippen MR) is 40.8 cm³/mol. The fourth-order valence-electron chi connectivity index (χ4n) is 0.928. The number of hydrogen-bond donors (Lipinski definition) is 3. The molecule has 15 heavy (non-hydrogen) atoms. The average Bonchev–Trinajstić information content (AvgIpc) is 2.48. The molecule has 1 heterocycles. The highest BCUT2D eigenvalue weighted by Crippen LogP contribution is 2.29. The zero-order valence-corrected chi connectivity index (χ0v) is 7.25. The second-order valence-electron chi connectivity index (χ2n) is 2.82. The zero-order valence-electron chi connectivity index (χ0n) is 7.25. The minimum absolute atomic E-state index is 0.273. The van der Waals surface area contributed by atoms with Crippen molar-refractivity contribution in [2.75, 3.05) is 0 Å². The van der Waals surface area contributed by atoms with E-state index in [0.29, 0.717) is 6.07 Å². The number of hydrogen-bond acceptors (Lipinski definition) is 3. The van der Waals surface area contributed by atoms with Crippen molar-refractivity contribution in [3.63, 3.8) is 0 Å². The van der Waals surface area contributed by atoms with E-state index in [0.717, 1.165) is 0 Å². The molecule has 1 aromatic rings. The Hall–Kier alpha value is -1.57. The quantitative estimate of drug-likeness (QED) is 0.713. The summed E-state index contributed by atoms with van der Waals surface area (Å²) < 4.78 is 36.1. The molecule has 3 N–H and O–H groups in total. The maximum Gasteiger partial charge on any atom is 0.435 e. The van der Waals surface area contributed by atoms with Gasteiger partial charge in [-0.05, 0) is 6.07 Å². The van der Waals surface area contributed by atoms with Gasteiger partial charge in [-0.3, -0.25) is 9.89 Å². The maximum atomic E-state index is 12.0. The molecule has 0 aliphatic carbocycles. The first-order chi connectivity index (χ1) is 6.80. The summed E-state index contributed by atoms with van der Waals surface area (Å²) >= 11 is 0. The third-order valence-electron chi connectivity index (χ3n) is 1.62. The summed E-state index contributed by atoms with van der Waals surface area (Å²) in [6, 6.07) is 0.577. The van der Waals surface area contributed by atoms with Crippen LogP contribution in [-0.2, 0) is 11.0 Å². The van der Waals surface area contributed by atoms with Gasteiger partial charge in [-0.2, -0.15) is 18.3 Å². The van der Waals surface area contributed by atoms with E-state index in [4.69, 9.17) is 10.2 Å². The minimum Gasteiger partial charge on any atom is -0.481 e. The molecule has 0 aliphatic rings. The highest BCUT2D eigenvalue weighted by atomic mass is 19.4. The van der Waals surface area contributed by atoms with Crippen LogP contribution < -0.4 is 0 Å². The lowest BCUT2D eigenvalue weighted by atomic mass is 10.2. The first-order valence-corrected chi connectivity index (χ1v) is 3.83. The second-order valence-corrected chi connectivity index (χ2v) is 2.82. The number of halogens is 3. The van der Waals surface area contributed by atoms with Crippen LogP contribution in [0.15, 0.2) is 6.07 Å². The first-order valence-electron chi connectivity index (χ1n) is 3.83. The van der Waals surface area contributed by atoms with E-state index in [1.54, 1.807) is 0 Å². The molecule has 0 amide bonds. The van der Waals surface area contributed by atoms with Crippen LogP contribution in [0.4, 0.5) is 13.2 Å². The van der Waals surface area contributed by atoms with Gasteiger partial charge in [-0.1, -0.05) is 0 Å². The molecule has 0 saturated carbocycles. The number of aromatic amines is 1. The van der Waals surface area contributed by atoms with Crippen molar-refractivity contribution in [3.8, 4) is 0 Å². The van der Waals surface area contributed by atoms with Gasteiger partial charge in [0.05, 0.1) is 12.1 Å². The van der Waals surface area contributed by atoms with Gasteiger partial charge >= 0.3 is 12.1 Å². The Morgan fingerprint density at radius 2 is 2.20 bits per heavy atom. The largest absolute Gasteiger partial charge is 0.481 e. The maximum absolute atomic E-state index is 12.0. The van der Waals surface area contributed by atoms with Gasteiger partial charge in [-0.25, -0.2) is 0 Å². The van der Waals surface area contributed by atoms with Crippen LogP contribution in [0.5, 0.6) is 0 Å². The Bertz CT molecular complexity index is 361. The summed E-state index contributed by atoms with van der Waals surface area (Å²) in [5.41, 5.74) is -1.47. The van der Waals surface area contributed by atoms with Gasteiger partial charge in [0.15, 0.2) is 5.69 Å². The molecule has 0 aliphatic heterocycles. The molecular weight excluding hydrogens is 217 g/mol. The van der Waals surface area contributed by atoms with E-state index < -0.39 is 30.4 Å². The smallest absolute Gasteiger partial charge is 0.435 e. The van der Waals surface area contributed by atoms with Crippen LogP contribution in [0.2, 0.25) is 0 Å². The third-order valence-corrected chi connectivity index (χ3v) is 1.62. The molecule has 84 valence electrons. The molecule has 1 aromatic heterocycles. The Morgan fingerprint density at radius 1 is 1.60 bits per heavy atom. The van der Waals surface area contributed by atoms with Gasteiger partial charge in [0, 0.05) is 0 Å². The number of carboxylic acid groups (broad SMARTS) is 1. The van der Waals surface area contributed by atoms with Gasteiger partial charge in [-0.15, -0.1) is 0 Å². The Labute approximate surface area is 81.5 Å². The lowest BCUT2D eigenvalue weighted by molar-refractivity contribution is -0.141. The second kappa shape index (κ2) is 3.89. The van der Waals surface area contributed by atoms with E-state index in [1.807, 2.05) is 5.10 Å². The topological polar surface area (TPSA) is 86.2 Å². The molecule has 1 rings (SSSR count). The molecule has 8 heteroatoms. The van der Waals surface area contributed by atoms with Crippen LogP contribution in [0, 0.1) is 0 Å². The van der Waals surface area contributed by atoms with Crippen LogP contribution in [0.25, 0.3) is 0 Å². The van der Waals surface area contributed by atoms with Crippen molar-refractivity contribution < 1.29 is 28.2 Å². The highest BCUT2D eigenvalue weighted by Gasteiger charge is 2.34. The summed E-state index contributed by atoms with van der Waals surface area (Å²) in [5, 5.41) is 22.3. The number of aromatic nitrogens is 2. The van der Waals surface area contributed by atoms with Crippen molar-refractivity contribution in [2.45, 2.75) is 18.7 Å². The Balaban J connectivity index is 2.80. The molecule has 0 spiro atoms. The van der Waals surface area contributed by atoms with Gasteiger partial charge in [0.2, 0.25) is 0 Å². The first kappa shape index (κ1) is 11.5. The number of rotatable bonds is 3. The summed E-state index contributed by atoms with van der Waals surface area (Å²) in [5.74, 6) is -1.31. The number of aliphatic carboxylic acids is 1. The molecular formula is C7H7F3N2O3. The van der Waals surface area contributed by atoms with Crippen molar-refractivity contribution in [1.29, 1.82) is 0 Å². The fraction of sp³-hybridized carbons (Fsp3) is 0.429. The summed E-state index contributed by atoms with van der Waals surface area (Å²) in [6.07, 6.45) is -6.82. The molecule has 0 aromatic carbocycles. The SMILES string of the molecule is O=C(O)C[C@H](O)c1cc(C(F)(F)F)n[nH]1. The molecule has 5 nitrogen and oxygen atoms in total. The number of aliphatic hydroxyl groups is 1. The number of nitrogens with zero attached hydrogens (tertiary/aromatic N) is 1. The molecule has 1 atom stereocenters. The minimum atomic E-state index is -4.61. The molecule has 0 bridgehead atoms. The summed E-state index contributed by atoms with van der Waals surface area (Å²) in [6.45, 7) is 0. The number of carboxylic acids is 1. The molecule has 0 radical (unpaired) electrons. The van der Waals surface area contributed by atoms with E-state index >= 15 is 0 Å². The number of aliphatic hydroxyl groups excluding tert-OH is 1. The zero-order chi connectivity index (χ0) is 11.6. The van der Waals surface area contributed by atoms with Gasteiger partial charge < -0.3 is 10.2 Å². The number of alkyl halides is 3. The van der Waals surface area contributed by atoms with Crippen LogP contribution in [0.1, 0.15) is 23.9 Å². The fourth-order valence-corrected chi connectivity index (χ4v) is 0.928. The van der Waals surface area contributed by atoms with Crippen molar-refractivity contribution >= 4 is 5.97 Å². The van der Waals surface area contributed by atoms with Gasteiger partial charge in [0.1, 0.15) is 6.10 Å². The van der Waals surface area contributed by atoms with Crippen molar-refractivity contribution in [2.24, 2.45) is 0 Å². The molecule has 0 unspecified atom stereocenters. The lowest BCUT2D eigenvalue weighted by Crippen LogP contribution is -2.06. The summed E-state index contributed by atoms with van der Waals surface area (Å²) in [7, 11) is 0. The van der Waals surface area contributed by atoms with E-state index in [2.05, 4.69) is 5.10 Å². The van der Waals surface area contributed by atoms with Crippen molar-refractivity contribution in [3.05, 3.63) is 17.5 Å². The van der Waals surface area contributed by atoms with E-state index in [1.165, 1.54) is 0 Å². The predicted octanol–water partition coefficient (Wildman–Crippen LogP) is 0.937. The third kappa shape index (κ3) is 2.94. The molecule has 0 saturated heterocycles. The number of H-pyrrole nitrogens is 1. The number of nitrogens with one attached hydrogen (secondary N) is 1. The standard InChI is InChI=1S/C7H7F3N2O3/c8-7(9,10)5-1-3(11-12-5)4(13)2-6(14)15/h1,4,13H,2H2,(H,11,12)(H,14,15)/t4-/m0/s1. The van der Waals surface area contributed by atoms with Gasteiger partial charge in [0.25, 0.3) is 0 Å². The van der Waals surface area contributed by atoms with E-state index in [-0.39, 0.29) is 5.69 Å². The highest BCUT2D eigenvalue weighted by molar-refractivity contribution is 5.67. The van der Waals surface area contributed by atoms with E-state index in [9.17, 15) is 18.0 Å². The van der Waals surface area contributed by atoms with Crippen molar-refractivity contribution in [1.82, 2.24) is 10.2 Å². The number of carbonyl (C=O) groups is 1. The molecule has 0 fully saturated rings. The average molecular weight is 224 g/mol. The van der Waals surface area contributed by atoms with Crippen LogP contribution >= 0.6 is 0 Å². The van der Waals surface area contributed by atoms with Crippen LogP contribution in [-0.4, -0.2) is 26.4 Å². The Kier molecular flexibility index (Phi) is 2.98.